The van der Waals surface area contributed by atoms with Gasteiger partial charge in [0.2, 0.25) is 6.29 Å². The number of H-pyrrole nitrogens is 1. The van der Waals surface area contributed by atoms with Crippen LogP contribution in [0.15, 0.2) is 12.4 Å². The number of aldehydes is 1. The van der Waals surface area contributed by atoms with Gasteiger partial charge in [-0.25, -0.2) is 14.2 Å². The van der Waals surface area contributed by atoms with Crippen molar-refractivity contribution in [1.82, 2.24) is 9.97 Å². The molecular formula is C9H4ClFN2O3. The Labute approximate surface area is 93.2 Å². The molecule has 82 valence electrons. The van der Waals surface area contributed by atoms with Crippen molar-refractivity contribution >= 4 is 34.8 Å². The predicted molar refractivity (Wildman–Crippen MR) is 52.8 cm³/mol. The van der Waals surface area contributed by atoms with E-state index in [0.717, 1.165) is 6.20 Å². The highest BCUT2D eigenvalue weighted by Gasteiger charge is 2.15. The zero-order chi connectivity index (χ0) is 11.7. The van der Waals surface area contributed by atoms with E-state index in [1.165, 1.54) is 6.20 Å². The van der Waals surface area contributed by atoms with Gasteiger partial charge >= 0.3 is 5.97 Å². The quantitative estimate of drug-likeness (QED) is 0.375. The van der Waals surface area contributed by atoms with Crippen molar-refractivity contribution < 1.29 is 18.7 Å². The predicted octanol–water partition coefficient (Wildman–Crippen LogP) is 1.46. The number of ether oxygens (including phenoxy) is 1. The van der Waals surface area contributed by atoms with Gasteiger partial charge < -0.3 is 9.72 Å². The minimum absolute atomic E-state index is 0.0143. The second-order valence-corrected chi connectivity index (χ2v) is 3.20. The molecule has 16 heavy (non-hydrogen) atoms. The SMILES string of the molecule is O=CC(=O)Oc1c[nH]c2c(Cl)ncc(F)c12. The number of esters is 1. The molecule has 0 aliphatic heterocycles. The van der Waals surface area contributed by atoms with Crippen LogP contribution in [0.5, 0.6) is 5.75 Å². The van der Waals surface area contributed by atoms with Crippen molar-refractivity contribution in [2.45, 2.75) is 0 Å². The summed E-state index contributed by atoms with van der Waals surface area (Å²) >= 11 is 5.69. The normalized spacial score (nSPS) is 10.4. The van der Waals surface area contributed by atoms with E-state index in [1.807, 2.05) is 0 Å². The Hall–Kier alpha value is -1.95. The second-order valence-electron chi connectivity index (χ2n) is 2.84. The number of nitrogens with zero attached hydrogens (tertiary/aromatic N) is 1. The van der Waals surface area contributed by atoms with Gasteiger partial charge in [-0.1, -0.05) is 11.6 Å². The van der Waals surface area contributed by atoms with Crippen LogP contribution in [0.3, 0.4) is 0 Å². The molecule has 2 heterocycles. The van der Waals surface area contributed by atoms with Crippen LogP contribution in [0.25, 0.3) is 10.9 Å². The molecular weight excluding hydrogens is 239 g/mol. The summed E-state index contributed by atoms with van der Waals surface area (Å²) in [4.78, 5) is 27.0. The van der Waals surface area contributed by atoms with Crippen LogP contribution < -0.4 is 4.74 Å². The molecule has 0 amide bonds. The van der Waals surface area contributed by atoms with E-state index >= 15 is 0 Å². The summed E-state index contributed by atoms with van der Waals surface area (Å²) < 4.78 is 18.0. The van der Waals surface area contributed by atoms with Crippen LogP contribution in [0.1, 0.15) is 0 Å². The first kappa shape index (κ1) is 10.6. The molecule has 0 radical (unpaired) electrons. The van der Waals surface area contributed by atoms with Gasteiger partial charge in [0, 0.05) is 6.20 Å². The van der Waals surface area contributed by atoms with Gasteiger partial charge in [-0.3, -0.25) is 4.79 Å². The molecule has 2 aromatic heterocycles. The number of hydrogen-bond acceptors (Lipinski definition) is 4. The fourth-order valence-corrected chi connectivity index (χ4v) is 1.46. The summed E-state index contributed by atoms with van der Waals surface area (Å²) in [5.74, 6) is -1.92. The summed E-state index contributed by atoms with van der Waals surface area (Å²) in [6.45, 7) is 0. The Morgan fingerprint density at radius 2 is 2.38 bits per heavy atom. The van der Waals surface area contributed by atoms with E-state index in [-0.39, 0.29) is 28.1 Å². The van der Waals surface area contributed by atoms with E-state index in [4.69, 9.17) is 11.6 Å². The molecule has 0 atom stereocenters. The van der Waals surface area contributed by atoms with Crippen LogP contribution in [-0.4, -0.2) is 22.2 Å². The lowest BCUT2D eigenvalue weighted by atomic mass is 10.3. The number of rotatable bonds is 2. The number of fused-ring (bicyclic) bond motifs is 1. The molecule has 5 nitrogen and oxygen atoms in total. The van der Waals surface area contributed by atoms with E-state index in [1.54, 1.807) is 0 Å². The monoisotopic (exact) mass is 242 g/mol. The lowest BCUT2D eigenvalue weighted by molar-refractivity contribution is -0.141. The van der Waals surface area contributed by atoms with Gasteiger partial charge in [0.25, 0.3) is 0 Å². The Bertz CT molecular complexity index is 581. The van der Waals surface area contributed by atoms with Crippen LogP contribution in [0.4, 0.5) is 4.39 Å². The summed E-state index contributed by atoms with van der Waals surface area (Å²) in [6.07, 6.45) is 2.11. The number of hydrogen-bond donors (Lipinski definition) is 1. The van der Waals surface area contributed by atoms with Crippen LogP contribution in [-0.2, 0) is 9.59 Å². The minimum atomic E-state index is -1.12. The fraction of sp³-hybridized carbons (Fsp3) is 0. The summed E-state index contributed by atoms with van der Waals surface area (Å²) in [5.41, 5.74) is 0.204. The third-order valence-electron chi connectivity index (χ3n) is 1.89. The standard InChI is InChI=1S/C9H4ClFN2O3/c10-9-8-7(4(11)1-13-9)5(2-12-8)16-6(15)3-14/h1-3,12H. The topological polar surface area (TPSA) is 72.1 Å². The summed E-state index contributed by atoms with van der Waals surface area (Å²) in [6, 6.07) is 0. The maximum absolute atomic E-state index is 13.4. The van der Waals surface area contributed by atoms with Gasteiger partial charge in [0.1, 0.15) is 0 Å². The molecule has 0 aliphatic carbocycles. The highest BCUT2D eigenvalue weighted by atomic mass is 35.5. The first-order valence-electron chi connectivity index (χ1n) is 4.11. The molecule has 0 aliphatic rings. The minimum Gasteiger partial charge on any atom is -0.419 e. The number of nitrogens with one attached hydrogen (secondary N) is 1. The van der Waals surface area contributed by atoms with E-state index in [2.05, 4.69) is 14.7 Å². The molecule has 0 unspecified atom stereocenters. The molecule has 2 aromatic rings. The Balaban J connectivity index is 2.59. The third-order valence-corrected chi connectivity index (χ3v) is 2.17. The smallest absolute Gasteiger partial charge is 0.376 e. The molecule has 0 fully saturated rings. The molecule has 7 heteroatoms. The number of pyridine rings is 1. The lowest BCUT2D eigenvalue weighted by Gasteiger charge is -1.99. The number of aromatic amines is 1. The van der Waals surface area contributed by atoms with Gasteiger partial charge in [0.05, 0.1) is 17.1 Å². The Morgan fingerprint density at radius 1 is 1.62 bits per heavy atom. The van der Waals surface area contributed by atoms with Gasteiger partial charge in [-0.15, -0.1) is 0 Å². The van der Waals surface area contributed by atoms with Crippen molar-refractivity contribution in [3.8, 4) is 5.75 Å². The van der Waals surface area contributed by atoms with E-state index in [0.29, 0.717) is 0 Å². The van der Waals surface area contributed by atoms with Gasteiger partial charge in [0.15, 0.2) is 16.7 Å². The first-order valence-corrected chi connectivity index (χ1v) is 4.49. The van der Waals surface area contributed by atoms with E-state index < -0.39 is 11.8 Å². The largest absolute Gasteiger partial charge is 0.419 e. The summed E-state index contributed by atoms with van der Waals surface area (Å²) in [7, 11) is 0. The highest BCUT2D eigenvalue weighted by Crippen LogP contribution is 2.31. The number of carbonyl (C=O) groups is 2. The van der Waals surface area contributed by atoms with E-state index in [9.17, 15) is 14.0 Å². The molecule has 0 spiro atoms. The maximum Gasteiger partial charge on any atom is 0.376 e. The van der Waals surface area contributed by atoms with Crippen LogP contribution in [0.2, 0.25) is 5.15 Å². The lowest BCUT2D eigenvalue weighted by Crippen LogP contribution is -2.08. The average molecular weight is 243 g/mol. The maximum atomic E-state index is 13.4. The van der Waals surface area contributed by atoms with Crippen LogP contribution in [0, 0.1) is 5.82 Å². The van der Waals surface area contributed by atoms with Crippen molar-refractivity contribution in [3.63, 3.8) is 0 Å². The molecule has 2 rings (SSSR count). The number of aromatic nitrogens is 2. The third kappa shape index (κ3) is 1.63. The van der Waals surface area contributed by atoms with Gasteiger partial charge in [-0.2, -0.15) is 0 Å². The highest BCUT2D eigenvalue weighted by molar-refractivity contribution is 6.34. The second kappa shape index (κ2) is 3.90. The Kier molecular flexibility index (Phi) is 2.57. The van der Waals surface area contributed by atoms with Crippen molar-refractivity contribution in [1.29, 1.82) is 0 Å². The van der Waals surface area contributed by atoms with Crippen LogP contribution >= 0.6 is 11.6 Å². The molecule has 0 bridgehead atoms. The zero-order valence-electron chi connectivity index (χ0n) is 7.66. The Morgan fingerprint density at radius 3 is 3.06 bits per heavy atom. The summed E-state index contributed by atoms with van der Waals surface area (Å²) in [5, 5.41) is 0.0278. The number of carbonyl (C=O) groups excluding carboxylic acids is 2. The van der Waals surface area contributed by atoms with Crippen molar-refractivity contribution in [2.24, 2.45) is 0 Å². The molecule has 0 aromatic carbocycles. The van der Waals surface area contributed by atoms with Gasteiger partial charge in [-0.05, 0) is 0 Å². The zero-order valence-corrected chi connectivity index (χ0v) is 8.42. The first-order chi connectivity index (χ1) is 7.63. The van der Waals surface area contributed by atoms with Crippen molar-refractivity contribution in [3.05, 3.63) is 23.4 Å². The molecule has 1 N–H and O–H groups in total. The fourth-order valence-electron chi connectivity index (χ4n) is 1.26. The number of halogens is 2. The average Bonchev–Trinajstić information content (AvgIpc) is 2.68. The van der Waals surface area contributed by atoms with Crippen molar-refractivity contribution in [2.75, 3.05) is 0 Å². The molecule has 0 saturated carbocycles. The molecule has 0 saturated heterocycles.